The molecule has 0 saturated heterocycles. The number of phosphoric acid groups is 1. The van der Waals surface area contributed by atoms with Crippen LogP contribution in [0.2, 0.25) is 0 Å². The van der Waals surface area contributed by atoms with Gasteiger partial charge in [-0.05, 0) is 38.5 Å². The van der Waals surface area contributed by atoms with Crippen LogP contribution in [0, 0.1) is 0 Å². The van der Waals surface area contributed by atoms with Gasteiger partial charge in [0.2, 0.25) is 5.91 Å². The number of unbranched alkanes of at least 4 members (excludes halogenated alkanes) is 24. The number of carbonyl (C=O) groups excluding carboxylic acids is 1. The normalized spacial score (nSPS) is 14.6. The maximum Gasteiger partial charge on any atom is 0.472 e. The van der Waals surface area contributed by atoms with Crippen LogP contribution in [0.4, 0.5) is 0 Å². The number of nitrogens with zero attached hydrogens (tertiary/aromatic N) is 1. The van der Waals surface area contributed by atoms with Crippen molar-refractivity contribution in [1.82, 2.24) is 5.32 Å². The maximum atomic E-state index is 12.9. The lowest BCUT2D eigenvalue weighted by Gasteiger charge is -2.26. The molecule has 62 heavy (non-hydrogen) atoms. The molecule has 0 aromatic heterocycles. The van der Waals surface area contributed by atoms with Crippen LogP contribution in [0.1, 0.15) is 219 Å². The van der Waals surface area contributed by atoms with E-state index in [0.717, 1.165) is 51.4 Å². The summed E-state index contributed by atoms with van der Waals surface area (Å²) in [5.74, 6) is -0.271. The first-order valence-corrected chi connectivity index (χ1v) is 27.1. The Balaban J connectivity index is 4.28. The highest BCUT2D eigenvalue weighted by atomic mass is 31.2. The summed E-state index contributed by atoms with van der Waals surface area (Å²) in [6.45, 7) is 4.71. The molecular weight excluding hydrogens is 792 g/mol. The number of likely N-dealkylation sites (N-methyl/N-ethyl adjacent to an activating group) is 1. The monoisotopic (exact) mass is 892 g/mol. The van der Waals surface area contributed by atoms with E-state index in [0.29, 0.717) is 17.4 Å². The molecule has 0 aromatic carbocycles. The van der Waals surface area contributed by atoms with Crippen molar-refractivity contribution in [3.05, 3.63) is 60.8 Å². The van der Waals surface area contributed by atoms with E-state index in [4.69, 9.17) is 9.05 Å². The van der Waals surface area contributed by atoms with Crippen molar-refractivity contribution in [2.75, 3.05) is 40.9 Å². The first kappa shape index (κ1) is 60.2. The zero-order chi connectivity index (χ0) is 45.7. The number of phosphoric ester groups is 1. The number of nitrogens with one attached hydrogen (secondary N) is 1. The van der Waals surface area contributed by atoms with Gasteiger partial charge >= 0.3 is 7.82 Å². The molecule has 0 aliphatic carbocycles. The fourth-order valence-electron chi connectivity index (χ4n) is 7.29. The summed E-state index contributed by atoms with van der Waals surface area (Å²) in [6, 6.07) is -0.818. The van der Waals surface area contributed by atoms with Gasteiger partial charge in [-0.25, -0.2) is 4.57 Å². The molecule has 3 atom stereocenters. The third-order valence-electron chi connectivity index (χ3n) is 11.3. The lowest BCUT2D eigenvalue weighted by Crippen LogP contribution is -2.46. The van der Waals surface area contributed by atoms with E-state index in [-0.39, 0.29) is 25.5 Å². The van der Waals surface area contributed by atoms with Gasteiger partial charge < -0.3 is 19.8 Å². The van der Waals surface area contributed by atoms with Crippen LogP contribution in [-0.4, -0.2) is 73.4 Å². The predicted molar refractivity (Wildman–Crippen MR) is 267 cm³/mol. The van der Waals surface area contributed by atoms with Crippen molar-refractivity contribution in [3.63, 3.8) is 0 Å². The van der Waals surface area contributed by atoms with Crippen molar-refractivity contribution in [3.8, 4) is 0 Å². The highest BCUT2D eigenvalue weighted by Crippen LogP contribution is 2.43. The van der Waals surface area contributed by atoms with Crippen LogP contribution in [0.15, 0.2) is 60.8 Å². The number of rotatable bonds is 46. The molecule has 0 saturated carbocycles. The quantitative estimate of drug-likeness (QED) is 0.0243. The second-order valence-corrected chi connectivity index (χ2v) is 20.0. The van der Waals surface area contributed by atoms with Crippen molar-refractivity contribution in [2.24, 2.45) is 0 Å². The minimum atomic E-state index is -4.35. The zero-order valence-electron chi connectivity index (χ0n) is 41.1. The van der Waals surface area contributed by atoms with Crippen LogP contribution in [0.5, 0.6) is 0 Å². The summed E-state index contributed by atoms with van der Waals surface area (Å²) < 4.78 is 23.6. The average Bonchev–Trinajstić information content (AvgIpc) is 3.23. The lowest BCUT2D eigenvalue weighted by atomic mass is 10.0. The van der Waals surface area contributed by atoms with Crippen molar-refractivity contribution in [2.45, 2.75) is 231 Å². The predicted octanol–water partition coefficient (Wildman–Crippen LogP) is 15.0. The minimum Gasteiger partial charge on any atom is -0.391 e. The molecule has 1 amide bonds. The molecular formula is C53H100N2O6P+. The minimum absolute atomic E-state index is 0.0560. The van der Waals surface area contributed by atoms with Gasteiger partial charge in [0.05, 0.1) is 39.9 Å². The molecule has 0 aromatic rings. The second kappa shape index (κ2) is 44.4. The van der Waals surface area contributed by atoms with Gasteiger partial charge in [0.15, 0.2) is 0 Å². The number of hydrogen-bond donors (Lipinski definition) is 3. The van der Waals surface area contributed by atoms with Crippen molar-refractivity contribution in [1.29, 1.82) is 0 Å². The largest absolute Gasteiger partial charge is 0.472 e. The molecule has 0 rings (SSSR count). The van der Waals surface area contributed by atoms with Crippen LogP contribution >= 0.6 is 7.82 Å². The number of quaternary nitrogens is 1. The molecule has 0 heterocycles. The number of allylic oxidation sites excluding steroid dienone is 9. The number of aliphatic hydroxyl groups excluding tert-OH is 1. The lowest BCUT2D eigenvalue weighted by molar-refractivity contribution is -0.870. The number of hydrogen-bond acceptors (Lipinski definition) is 5. The van der Waals surface area contributed by atoms with E-state index in [1.54, 1.807) is 0 Å². The molecule has 0 aliphatic rings. The van der Waals surface area contributed by atoms with Crippen LogP contribution in [-0.2, 0) is 18.4 Å². The number of aliphatic hydroxyl groups is 1. The smallest absolute Gasteiger partial charge is 0.391 e. The Labute approximate surface area is 383 Å². The molecule has 362 valence electrons. The maximum absolute atomic E-state index is 12.9. The molecule has 0 bridgehead atoms. The van der Waals surface area contributed by atoms with E-state index >= 15 is 0 Å². The molecule has 3 N–H and O–H groups in total. The number of carbonyl (C=O) groups is 1. The highest BCUT2D eigenvalue weighted by molar-refractivity contribution is 7.47. The Morgan fingerprint density at radius 1 is 0.548 bits per heavy atom. The van der Waals surface area contributed by atoms with Gasteiger partial charge in [0.1, 0.15) is 13.2 Å². The standard InChI is InChI=1S/C53H99N2O6P/c1-6-8-10-12-14-16-18-20-22-23-24-25-26-27-28-29-30-31-33-34-36-38-40-42-44-46-52(56)51(50-61-62(58,59)60-49-48-55(3,4)5)54-53(57)47-45-43-41-39-37-35-32-21-19-17-15-13-11-9-7-2/h9,11,15,17,21,32,37,39,43,45,51-52,56H,6-8,10,12-14,16,18-20,22-31,33-36,38,40-42,44,46-50H2,1-5H3,(H-,54,57,58,59)/p+1/b11-9-,17-15-,32-21-,39-37-,45-43-. The Morgan fingerprint density at radius 2 is 0.903 bits per heavy atom. The van der Waals surface area contributed by atoms with Gasteiger partial charge in [0.25, 0.3) is 0 Å². The van der Waals surface area contributed by atoms with E-state index in [1.165, 1.54) is 141 Å². The van der Waals surface area contributed by atoms with Crippen LogP contribution < -0.4 is 5.32 Å². The van der Waals surface area contributed by atoms with E-state index in [1.807, 2.05) is 33.3 Å². The fourth-order valence-corrected chi connectivity index (χ4v) is 8.03. The number of amides is 1. The van der Waals surface area contributed by atoms with Gasteiger partial charge in [-0.3, -0.25) is 13.8 Å². The van der Waals surface area contributed by atoms with Crippen LogP contribution in [0.3, 0.4) is 0 Å². The van der Waals surface area contributed by atoms with Gasteiger partial charge in [0, 0.05) is 6.42 Å². The zero-order valence-corrected chi connectivity index (χ0v) is 42.0. The van der Waals surface area contributed by atoms with E-state index in [2.05, 4.69) is 67.8 Å². The Kier molecular flexibility index (Phi) is 43.1. The summed E-state index contributed by atoms with van der Waals surface area (Å²) in [7, 11) is 1.56. The Hall–Kier alpha value is -1.80. The second-order valence-electron chi connectivity index (χ2n) is 18.5. The third-order valence-corrected chi connectivity index (χ3v) is 12.3. The first-order chi connectivity index (χ1) is 30.0. The SMILES string of the molecule is CC/C=C\C/C=C\C/C=C\C/C=C\C/C=C\CC(=O)NC(COP(=O)(O)OCC[N+](C)(C)C)C(O)CCCCCCCCCCCCCCCCCCCCCCCCCCC. The molecule has 3 unspecified atom stereocenters. The molecule has 0 spiro atoms. The summed E-state index contributed by atoms with van der Waals surface area (Å²) in [5, 5.41) is 13.9. The fraction of sp³-hybridized carbons (Fsp3) is 0.792. The molecule has 9 heteroatoms. The summed E-state index contributed by atoms with van der Waals surface area (Å²) >= 11 is 0. The molecule has 0 radical (unpaired) electrons. The van der Waals surface area contributed by atoms with Gasteiger partial charge in [-0.15, -0.1) is 0 Å². The van der Waals surface area contributed by atoms with Crippen molar-refractivity contribution >= 4 is 13.7 Å². The average molecular weight is 892 g/mol. The molecule has 8 nitrogen and oxygen atoms in total. The molecule has 0 aliphatic heterocycles. The summed E-state index contributed by atoms with van der Waals surface area (Å²) in [6.07, 6.45) is 58.8. The van der Waals surface area contributed by atoms with Crippen molar-refractivity contribution < 1.29 is 32.9 Å². The summed E-state index contributed by atoms with van der Waals surface area (Å²) in [4.78, 5) is 23.1. The third kappa shape index (κ3) is 46.2. The van der Waals surface area contributed by atoms with Crippen LogP contribution in [0.25, 0.3) is 0 Å². The van der Waals surface area contributed by atoms with E-state index in [9.17, 15) is 19.4 Å². The van der Waals surface area contributed by atoms with E-state index < -0.39 is 20.0 Å². The summed E-state index contributed by atoms with van der Waals surface area (Å²) in [5.41, 5.74) is 0. The molecule has 0 fully saturated rings. The first-order valence-electron chi connectivity index (χ1n) is 25.7. The Morgan fingerprint density at radius 3 is 1.27 bits per heavy atom. The Bertz CT molecular complexity index is 1190. The van der Waals surface area contributed by atoms with Gasteiger partial charge in [-0.1, -0.05) is 235 Å². The van der Waals surface area contributed by atoms with Gasteiger partial charge in [-0.2, -0.15) is 0 Å². The highest BCUT2D eigenvalue weighted by Gasteiger charge is 2.28. The topological polar surface area (TPSA) is 105 Å².